The standard InChI is InChI=1S/C20H18BrN3OS/c1-14(2)11-22-20-24(23-12-15-6-8-18(25)9-7-15)19(13-26-20)16-4-3-5-17(21)10-16/h3-10,12-13,25H,1,11H2,2H3. The number of thiazole rings is 1. The first-order chi connectivity index (χ1) is 12.5. The molecule has 26 heavy (non-hydrogen) atoms. The summed E-state index contributed by atoms with van der Waals surface area (Å²) in [7, 11) is 0. The van der Waals surface area contributed by atoms with E-state index in [2.05, 4.69) is 38.7 Å². The van der Waals surface area contributed by atoms with Gasteiger partial charge in [0.15, 0.2) is 0 Å². The molecule has 0 bridgehead atoms. The molecule has 0 fully saturated rings. The summed E-state index contributed by atoms with van der Waals surface area (Å²) < 4.78 is 2.85. The predicted octanol–water partition coefficient (Wildman–Crippen LogP) is 5.04. The average molecular weight is 428 g/mol. The van der Waals surface area contributed by atoms with Crippen LogP contribution in [-0.4, -0.2) is 22.5 Å². The Hall–Kier alpha value is -2.44. The number of nitrogens with zero attached hydrogens (tertiary/aromatic N) is 3. The molecule has 1 aromatic heterocycles. The molecule has 0 unspecified atom stereocenters. The van der Waals surface area contributed by atoms with Crippen LogP contribution in [0.2, 0.25) is 0 Å². The Morgan fingerprint density at radius 3 is 2.73 bits per heavy atom. The van der Waals surface area contributed by atoms with Gasteiger partial charge in [-0.3, -0.25) is 4.99 Å². The van der Waals surface area contributed by atoms with Crippen LogP contribution in [0.3, 0.4) is 0 Å². The molecule has 0 aliphatic carbocycles. The Labute approximate surface area is 164 Å². The third kappa shape index (κ3) is 4.59. The lowest BCUT2D eigenvalue weighted by atomic mass is 10.2. The molecule has 0 spiro atoms. The van der Waals surface area contributed by atoms with Gasteiger partial charge in [-0.25, -0.2) is 4.68 Å². The second kappa shape index (κ2) is 8.29. The number of aromatic nitrogens is 1. The van der Waals surface area contributed by atoms with Crippen molar-refractivity contribution in [2.75, 3.05) is 6.54 Å². The minimum Gasteiger partial charge on any atom is -0.508 e. The molecule has 0 amide bonds. The van der Waals surface area contributed by atoms with E-state index in [1.165, 1.54) is 0 Å². The molecule has 132 valence electrons. The Balaban J connectivity index is 2.07. The van der Waals surface area contributed by atoms with Gasteiger partial charge in [0.25, 0.3) is 0 Å². The molecule has 0 aliphatic heterocycles. The van der Waals surface area contributed by atoms with Crippen molar-refractivity contribution < 1.29 is 5.11 Å². The van der Waals surface area contributed by atoms with Gasteiger partial charge in [0, 0.05) is 15.4 Å². The molecule has 6 heteroatoms. The summed E-state index contributed by atoms with van der Waals surface area (Å²) >= 11 is 5.06. The van der Waals surface area contributed by atoms with Crippen LogP contribution in [0, 0.1) is 0 Å². The maximum absolute atomic E-state index is 9.42. The van der Waals surface area contributed by atoms with Crippen molar-refractivity contribution in [3.63, 3.8) is 0 Å². The quantitative estimate of drug-likeness (QED) is 0.449. The second-order valence-electron chi connectivity index (χ2n) is 5.84. The highest BCUT2D eigenvalue weighted by Crippen LogP contribution is 2.23. The van der Waals surface area contributed by atoms with E-state index in [4.69, 9.17) is 0 Å². The predicted molar refractivity (Wildman–Crippen MR) is 112 cm³/mol. The maximum atomic E-state index is 9.42. The molecule has 0 radical (unpaired) electrons. The van der Waals surface area contributed by atoms with Gasteiger partial charge in [-0.15, -0.1) is 11.3 Å². The SMILES string of the molecule is C=C(C)CN=c1scc(-c2cccc(Br)c2)n1N=Cc1ccc(O)cc1. The number of halogens is 1. The monoisotopic (exact) mass is 427 g/mol. The summed E-state index contributed by atoms with van der Waals surface area (Å²) in [5.41, 5.74) is 3.91. The zero-order valence-electron chi connectivity index (χ0n) is 14.3. The summed E-state index contributed by atoms with van der Waals surface area (Å²) in [4.78, 5) is 5.42. The number of rotatable bonds is 5. The molecule has 0 saturated carbocycles. The number of hydrogen-bond donors (Lipinski definition) is 1. The highest BCUT2D eigenvalue weighted by atomic mass is 79.9. The molecule has 3 aromatic rings. The molecule has 1 N–H and O–H groups in total. The molecule has 1 heterocycles. The van der Waals surface area contributed by atoms with Gasteiger partial charge in [-0.05, 0) is 48.9 Å². The summed E-state index contributed by atoms with van der Waals surface area (Å²) in [6, 6.07) is 15.0. The van der Waals surface area contributed by atoms with Crippen molar-refractivity contribution in [2.24, 2.45) is 10.1 Å². The first-order valence-electron chi connectivity index (χ1n) is 7.97. The van der Waals surface area contributed by atoms with Gasteiger partial charge >= 0.3 is 0 Å². The van der Waals surface area contributed by atoms with E-state index in [0.717, 1.165) is 31.7 Å². The lowest BCUT2D eigenvalue weighted by Crippen LogP contribution is -2.13. The van der Waals surface area contributed by atoms with Gasteiger partial charge < -0.3 is 5.11 Å². The van der Waals surface area contributed by atoms with E-state index in [1.807, 2.05) is 47.3 Å². The second-order valence-corrected chi connectivity index (χ2v) is 7.59. The first kappa shape index (κ1) is 18.4. The minimum absolute atomic E-state index is 0.234. The molecule has 4 nitrogen and oxygen atoms in total. The third-order valence-corrected chi connectivity index (χ3v) is 4.85. The molecule has 0 atom stereocenters. The fourth-order valence-electron chi connectivity index (χ4n) is 2.25. The van der Waals surface area contributed by atoms with Crippen molar-refractivity contribution in [1.82, 2.24) is 4.68 Å². The highest BCUT2D eigenvalue weighted by Gasteiger charge is 2.08. The Morgan fingerprint density at radius 2 is 2.04 bits per heavy atom. The summed E-state index contributed by atoms with van der Waals surface area (Å²) in [6.07, 6.45) is 1.76. The van der Waals surface area contributed by atoms with Gasteiger partial charge in [0.2, 0.25) is 4.80 Å². The van der Waals surface area contributed by atoms with Gasteiger partial charge in [0.1, 0.15) is 5.75 Å². The minimum atomic E-state index is 0.234. The van der Waals surface area contributed by atoms with Crippen LogP contribution in [0.1, 0.15) is 12.5 Å². The van der Waals surface area contributed by atoms with Crippen LogP contribution >= 0.6 is 27.3 Å². The van der Waals surface area contributed by atoms with E-state index in [0.29, 0.717) is 6.54 Å². The van der Waals surface area contributed by atoms with E-state index in [9.17, 15) is 5.11 Å². The third-order valence-electron chi connectivity index (χ3n) is 3.51. The van der Waals surface area contributed by atoms with Crippen molar-refractivity contribution in [3.8, 4) is 17.0 Å². The smallest absolute Gasteiger partial charge is 0.206 e. The topological polar surface area (TPSA) is 49.9 Å². The zero-order valence-corrected chi connectivity index (χ0v) is 16.7. The van der Waals surface area contributed by atoms with Gasteiger partial charge in [-0.1, -0.05) is 40.2 Å². The van der Waals surface area contributed by atoms with E-state index in [-0.39, 0.29) is 5.75 Å². The number of hydrogen-bond acceptors (Lipinski definition) is 4. The molecular formula is C20H18BrN3OS. The van der Waals surface area contributed by atoms with Crippen LogP contribution in [0.15, 0.2) is 80.6 Å². The highest BCUT2D eigenvalue weighted by molar-refractivity contribution is 9.10. The summed E-state index contributed by atoms with van der Waals surface area (Å²) in [5, 5.41) is 16.1. The molecule has 0 aliphatic rings. The van der Waals surface area contributed by atoms with Crippen LogP contribution in [0.4, 0.5) is 0 Å². The number of phenols is 1. The molecule has 0 saturated heterocycles. The maximum Gasteiger partial charge on any atom is 0.206 e. The average Bonchev–Trinajstić information content (AvgIpc) is 3.02. The molecule has 3 rings (SSSR count). The summed E-state index contributed by atoms with van der Waals surface area (Å²) in [6.45, 7) is 6.43. The van der Waals surface area contributed by atoms with Crippen molar-refractivity contribution in [3.05, 3.63) is 80.9 Å². The Morgan fingerprint density at radius 1 is 1.27 bits per heavy atom. The van der Waals surface area contributed by atoms with Gasteiger partial charge in [-0.2, -0.15) is 5.10 Å². The fraction of sp³-hybridized carbons (Fsp3) is 0.100. The molecule has 2 aromatic carbocycles. The van der Waals surface area contributed by atoms with Gasteiger partial charge in [0.05, 0.1) is 18.5 Å². The first-order valence-corrected chi connectivity index (χ1v) is 9.65. The van der Waals surface area contributed by atoms with E-state index < -0.39 is 0 Å². The number of benzene rings is 2. The largest absolute Gasteiger partial charge is 0.508 e. The number of phenolic OH excluding ortho intramolecular Hbond substituents is 1. The van der Waals surface area contributed by atoms with Crippen LogP contribution in [0.25, 0.3) is 11.3 Å². The van der Waals surface area contributed by atoms with Crippen LogP contribution in [0.5, 0.6) is 5.75 Å². The fourth-order valence-corrected chi connectivity index (χ4v) is 3.49. The van der Waals surface area contributed by atoms with Crippen LogP contribution in [-0.2, 0) is 0 Å². The lowest BCUT2D eigenvalue weighted by Gasteiger charge is -2.04. The Kier molecular flexibility index (Phi) is 5.85. The van der Waals surface area contributed by atoms with Crippen molar-refractivity contribution in [2.45, 2.75) is 6.92 Å². The summed E-state index contributed by atoms with van der Waals surface area (Å²) in [5.74, 6) is 0.234. The lowest BCUT2D eigenvalue weighted by molar-refractivity contribution is 0.475. The van der Waals surface area contributed by atoms with Crippen LogP contribution < -0.4 is 4.80 Å². The van der Waals surface area contributed by atoms with Crippen molar-refractivity contribution >= 4 is 33.5 Å². The zero-order chi connectivity index (χ0) is 18.5. The number of aromatic hydroxyl groups is 1. The van der Waals surface area contributed by atoms with Crippen molar-refractivity contribution in [1.29, 1.82) is 0 Å². The van der Waals surface area contributed by atoms with E-state index in [1.54, 1.807) is 29.7 Å². The van der Waals surface area contributed by atoms with E-state index >= 15 is 0 Å². The normalized spacial score (nSPS) is 12.0. The molecular weight excluding hydrogens is 410 g/mol. The Bertz CT molecular complexity index is 1020.